The van der Waals surface area contributed by atoms with E-state index in [1.54, 1.807) is 19.1 Å². The van der Waals surface area contributed by atoms with E-state index in [1.807, 2.05) is 0 Å². The standard InChI is InChI=1S/C51H58FN7O8S/c1-49(15-16-49)39-7-4-3-6-36(39)42-8-5-19-58(42)33-26-51(27-33)17-20-57(21-18-51)32-9-10-37(44(22-32)67-34-23-38-40(52)29-54-47(38)53-28-34)48(60)56-68(64,65)35-24-43(59(62)63)46-45(25-35)66-30-41(55-46)31-11-13-50(2,61)14-12-31/h3-4,6-7,9-10,22-25,28-29,31,33,41-42,55,61H,5,8,11-21,26-27,30H2,1-2H3,(H,53,54)(H,56,60)/t31-,41-,42+,50-/m1/s1. The van der Waals surface area contributed by atoms with Crippen LogP contribution in [0.4, 0.5) is 21.5 Å². The minimum Gasteiger partial charge on any atom is -0.489 e. The zero-order valence-electron chi connectivity index (χ0n) is 38.4. The van der Waals surface area contributed by atoms with Crippen LogP contribution in [0, 0.1) is 27.3 Å². The Balaban J connectivity index is 0.807. The van der Waals surface area contributed by atoms with Crippen LogP contribution in [0.3, 0.4) is 0 Å². The number of halogens is 1. The molecular weight excluding hydrogens is 890 g/mol. The molecular formula is C51H58FN7O8S. The van der Waals surface area contributed by atoms with Gasteiger partial charge in [0.05, 0.1) is 38.6 Å². The average Bonchev–Trinajstić information content (AvgIpc) is 3.69. The Bertz CT molecular complexity index is 2910. The second-order valence-corrected chi connectivity index (χ2v) is 22.7. The van der Waals surface area contributed by atoms with E-state index in [0.29, 0.717) is 48.8 Å². The number of pyridine rings is 1. The van der Waals surface area contributed by atoms with Gasteiger partial charge in [-0.1, -0.05) is 31.2 Å². The fourth-order valence-electron chi connectivity index (χ4n) is 12.0. The van der Waals surface area contributed by atoms with Crippen LogP contribution in [-0.2, 0) is 15.4 Å². The number of piperidine rings is 1. The number of aliphatic hydroxyl groups is 1. The number of likely N-dealkylation sites (tertiary alicyclic amines) is 1. The third-order valence-corrected chi connectivity index (χ3v) is 17.7. The molecule has 5 fully saturated rings. The Morgan fingerprint density at radius 3 is 2.51 bits per heavy atom. The summed E-state index contributed by atoms with van der Waals surface area (Å²) < 4.78 is 57.0. The number of aromatic amines is 1. The number of nitro benzene ring substituents is 1. The van der Waals surface area contributed by atoms with E-state index < -0.39 is 42.9 Å². The minimum atomic E-state index is -4.71. The summed E-state index contributed by atoms with van der Waals surface area (Å²) in [7, 11) is -4.71. The molecule has 5 aromatic rings. The van der Waals surface area contributed by atoms with Gasteiger partial charge < -0.3 is 29.8 Å². The van der Waals surface area contributed by atoms with Crippen LogP contribution in [0.1, 0.15) is 118 Å². The number of aromatic nitrogens is 2. The number of benzene rings is 3. The zero-order chi connectivity index (χ0) is 47.2. The third kappa shape index (κ3) is 8.33. The molecule has 15 nitrogen and oxygen atoms in total. The van der Waals surface area contributed by atoms with Crippen molar-refractivity contribution in [1.82, 2.24) is 19.6 Å². The predicted octanol–water partition coefficient (Wildman–Crippen LogP) is 9.27. The second-order valence-electron chi connectivity index (χ2n) is 21.0. The molecule has 17 heteroatoms. The van der Waals surface area contributed by atoms with E-state index in [9.17, 15) is 32.8 Å². The number of hydrogen-bond acceptors (Lipinski definition) is 12. The molecule has 1 spiro atoms. The highest BCUT2D eigenvalue weighted by Gasteiger charge is 2.51. The number of sulfonamides is 1. The molecule has 5 heterocycles. The van der Waals surface area contributed by atoms with Gasteiger partial charge in [-0.3, -0.25) is 19.8 Å². The van der Waals surface area contributed by atoms with Crippen LogP contribution < -0.4 is 24.4 Å². The first kappa shape index (κ1) is 44.7. The number of H-pyrrole nitrogens is 1. The van der Waals surface area contributed by atoms with E-state index in [4.69, 9.17) is 9.47 Å². The van der Waals surface area contributed by atoms with Crippen molar-refractivity contribution in [3.8, 4) is 17.2 Å². The lowest BCUT2D eigenvalue weighted by atomic mass is 9.59. The number of nitro groups is 1. The Hall–Kier alpha value is -5.78. The van der Waals surface area contributed by atoms with Gasteiger partial charge in [-0.15, -0.1) is 0 Å². The molecule has 2 saturated heterocycles. The number of nitrogens with zero attached hydrogens (tertiary/aromatic N) is 4. The molecule has 3 saturated carbocycles. The molecule has 11 rings (SSSR count). The number of amides is 1. The average molecular weight is 948 g/mol. The van der Waals surface area contributed by atoms with Crippen LogP contribution in [0.25, 0.3) is 11.0 Å². The van der Waals surface area contributed by atoms with Gasteiger partial charge in [-0.25, -0.2) is 22.5 Å². The number of carbonyl (C=O) groups is 1. The third-order valence-electron chi connectivity index (χ3n) is 16.4. The highest BCUT2D eigenvalue weighted by molar-refractivity contribution is 7.90. The van der Waals surface area contributed by atoms with E-state index in [0.717, 1.165) is 44.2 Å². The molecule has 0 unspecified atom stereocenters. The molecule has 2 atom stereocenters. The van der Waals surface area contributed by atoms with E-state index >= 15 is 0 Å². The molecule has 4 N–H and O–H groups in total. The summed E-state index contributed by atoms with van der Waals surface area (Å²) in [6.45, 7) is 7.06. The largest absolute Gasteiger partial charge is 0.489 e. The highest BCUT2D eigenvalue weighted by Crippen LogP contribution is 2.56. The van der Waals surface area contributed by atoms with Crippen molar-refractivity contribution in [3.63, 3.8) is 0 Å². The second kappa shape index (κ2) is 16.7. The number of rotatable bonds is 11. The fourth-order valence-corrected chi connectivity index (χ4v) is 13.0. The van der Waals surface area contributed by atoms with Crippen molar-refractivity contribution >= 4 is 44.0 Å². The van der Waals surface area contributed by atoms with Crippen LogP contribution in [-0.4, -0.2) is 83.1 Å². The van der Waals surface area contributed by atoms with Gasteiger partial charge in [0.25, 0.3) is 21.6 Å². The number of anilines is 2. The summed E-state index contributed by atoms with van der Waals surface area (Å²) in [5.41, 5.74) is 3.40. The van der Waals surface area contributed by atoms with Gasteiger partial charge in [-0.2, -0.15) is 0 Å². The number of fused-ring (bicyclic) bond motifs is 2. The lowest BCUT2D eigenvalue weighted by molar-refractivity contribution is -0.384. The maximum Gasteiger partial charge on any atom is 0.297 e. The SMILES string of the molecule is CC1(c2ccccc2[C@@H]2CCCN2C2CC3(CCN(c4ccc(C(=O)NS(=O)(=O)c5cc6c(c([N+](=O)[O-])c5)N[C@@H]([C@H]5CC[C@](C)(O)CC5)CO6)c(Oc5cnc6[nH]cc(F)c6c5)c4)CC3)C2)CC1. The first-order valence-electron chi connectivity index (χ1n) is 24.1. The molecule has 3 aliphatic carbocycles. The van der Waals surface area contributed by atoms with Crippen molar-refractivity contribution in [3.05, 3.63) is 106 Å². The van der Waals surface area contributed by atoms with Crippen LogP contribution in [0.15, 0.2) is 78.0 Å². The minimum absolute atomic E-state index is 0.0237. The molecule has 0 radical (unpaired) electrons. The maximum absolute atomic E-state index is 14.7. The van der Waals surface area contributed by atoms with Gasteiger partial charge >= 0.3 is 0 Å². The first-order valence-corrected chi connectivity index (χ1v) is 25.6. The van der Waals surface area contributed by atoms with Crippen molar-refractivity contribution in [2.45, 2.75) is 125 Å². The lowest BCUT2D eigenvalue weighted by Gasteiger charge is -2.56. The molecule has 2 aromatic heterocycles. The van der Waals surface area contributed by atoms with E-state index in [-0.39, 0.29) is 57.9 Å². The molecule has 3 aromatic carbocycles. The van der Waals surface area contributed by atoms with Crippen LogP contribution in [0.5, 0.6) is 17.2 Å². The number of hydrogen-bond donors (Lipinski definition) is 4. The summed E-state index contributed by atoms with van der Waals surface area (Å²) in [6, 6.07) is 18.4. The predicted molar refractivity (Wildman–Crippen MR) is 254 cm³/mol. The van der Waals surface area contributed by atoms with Crippen molar-refractivity contribution in [2.75, 3.05) is 36.5 Å². The molecule has 6 aliphatic rings. The number of ether oxygens (including phenoxy) is 2. The Morgan fingerprint density at radius 1 is 1.00 bits per heavy atom. The highest BCUT2D eigenvalue weighted by atomic mass is 32.2. The number of carbonyl (C=O) groups excluding carboxylic acids is 1. The van der Waals surface area contributed by atoms with Crippen molar-refractivity contribution < 1.29 is 37.1 Å². The molecule has 0 bridgehead atoms. The molecule has 3 aliphatic heterocycles. The monoisotopic (exact) mass is 947 g/mol. The Morgan fingerprint density at radius 2 is 1.76 bits per heavy atom. The van der Waals surface area contributed by atoms with E-state index in [2.05, 4.69) is 61.0 Å². The summed E-state index contributed by atoms with van der Waals surface area (Å²) in [5.74, 6) is -1.35. The van der Waals surface area contributed by atoms with Gasteiger partial charge in [0.1, 0.15) is 29.6 Å². The van der Waals surface area contributed by atoms with Gasteiger partial charge in [0.2, 0.25) is 0 Å². The van der Waals surface area contributed by atoms with E-state index in [1.165, 1.54) is 80.2 Å². The quantitative estimate of drug-likeness (QED) is 0.0726. The smallest absolute Gasteiger partial charge is 0.297 e. The zero-order valence-corrected chi connectivity index (χ0v) is 39.2. The summed E-state index contributed by atoms with van der Waals surface area (Å²) >= 11 is 0. The van der Waals surface area contributed by atoms with Crippen molar-refractivity contribution in [2.24, 2.45) is 11.3 Å². The Kier molecular flexibility index (Phi) is 11.0. The molecule has 1 amide bonds. The fraction of sp³-hybridized carbons (Fsp3) is 0.490. The topological polar surface area (TPSA) is 192 Å². The summed E-state index contributed by atoms with van der Waals surface area (Å²) in [6.07, 6.45) is 14.5. The molecule has 68 heavy (non-hydrogen) atoms. The summed E-state index contributed by atoms with van der Waals surface area (Å²) in [4.78, 5) is 37.4. The summed E-state index contributed by atoms with van der Waals surface area (Å²) in [5, 5.41) is 26.2. The normalized spacial score (nSPS) is 25.5. The number of nitrogens with one attached hydrogen (secondary N) is 3. The Labute approximate surface area is 395 Å². The van der Waals surface area contributed by atoms with Crippen LogP contribution in [0.2, 0.25) is 0 Å². The van der Waals surface area contributed by atoms with Crippen molar-refractivity contribution in [1.29, 1.82) is 0 Å². The molecule has 358 valence electrons. The van der Waals surface area contributed by atoms with Crippen LogP contribution >= 0.6 is 0 Å². The van der Waals surface area contributed by atoms with Gasteiger partial charge in [0, 0.05) is 55.3 Å². The maximum atomic E-state index is 14.7. The van der Waals surface area contributed by atoms with Gasteiger partial charge in [0.15, 0.2) is 11.4 Å². The van der Waals surface area contributed by atoms with Gasteiger partial charge in [-0.05, 0) is 137 Å². The lowest BCUT2D eigenvalue weighted by Crippen LogP contribution is -2.55. The first-order chi connectivity index (χ1) is 32.6.